The van der Waals surface area contributed by atoms with Crippen molar-refractivity contribution in [2.75, 3.05) is 18.4 Å². The molecule has 0 aliphatic carbocycles. The van der Waals surface area contributed by atoms with Crippen LogP contribution in [-0.2, 0) is 4.79 Å². The summed E-state index contributed by atoms with van der Waals surface area (Å²) >= 11 is 11.8. The zero-order valence-electron chi connectivity index (χ0n) is 11.5. The summed E-state index contributed by atoms with van der Waals surface area (Å²) in [5.74, 6) is 0.434. The van der Waals surface area contributed by atoms with Crippen molar-refractivity contribution in [2.24, 2.45) is 11.3 Å². The lowest BCUT2D eigenvalue weighted by molar-refractivity contribution is -0.127. The SMILES string of the molecule is CC(C)(C(=O)Nc1ncnc(Cl)c1Cl)C1CCCNC1. The number of hydrogen-bond donors (Lipinski definition) is 2. The fourth-order valence-electron chi connectivity index (χ4n) is 2.36. The number of piperidine rings is 1. The number of anilines is 1. The molecule has 1 unspecified atom stereocenters. The number of rotatable bonds is 3. The number of carbonyl (C=O) groups excluding carboxylic acids is 1. The number of nitrogens with zero attached hydrogens (tertiary/aromatic N) is 2. The molecule has 1 aromatic heterocycles. The van der Waals surface area contributed by atoms with Gasteiger partial charge in [-0.25, -0.2) is 9.97 Å². The minimum atomic E-state index is -0.506. The Morgan fingerprint density at radius 1 is 1.45 bits per heavy atom. The number of nitrogens with one attached hydrogen (secondary N) is 2. The molecule has 20 heavy (non-hydrogen) atoms. The smallest absolute Gasteiger partial charge is 0.231 e. The third-order valence-corrected chi connectivity index (χ3v) is 4.62. The zero-order chi connectivity index (χ0) is 14.8. The van der Waals surface area contributed by atoms with E-state index in [4.69, 9.17) is 23.2 Å². The molecule has 5 nitrogen and oxygen atoms in total. The maximum absolute atomic E-state index is 12.5. The Bertz CT molecular complexity index is 501. The van der Waals surface area contributed by atoms with Gasteiger partial charge in [0.15, 0.2) is 11.0 Å². The van der Waals surface area contributed by atoms with Crippen molar-refractivity contribution in [1.29, 1.82) is 0 Å². The van der Waals surface area contributed by atoms with E-state index < -0.39 is 5.41 Å². The van der Waals surface area contributed by atoms with E-state index in [1.54, 1.807) is 0 Å². The van der Waals surface area contributed by atoms with Crippen LogP contribution in [0.3, 0.4) is 0 Å². The predicted molar refractivity (Wildman–Crippen MR) is 80.1 cm³/mol. The fourth-order valence-corrected chi connectivity index (χ4v) is 2.64. The summed E-state index contributed by atoms with van der Waals surface area (Å²) in [6, 6.07) is 0. The van der Waals surface area contributed by atoms with Crippen molar-refractivity contribution in [1.82, 2.24) is 15.3 Å². The van der Waals surface area contributed by atoms with Crippen LogP contribution in [0.25, 0.3) is 0 Å². The Hall–Kier alpha value is -0.910. The summed E-state index contributed by atoms with van der Waals surface area (Å²) in [6.07, 6.45) is 3.39. The molecule has 1 atom stereocenters. The van der Waals surface area contributed by atoms with Gasteiger partial charge in [0.1, 0.15) is 11.3 Å². The van der Waals surface area contributed by atoms with Gasteiger partial charge in [0, 0.05) is 5.41 Å². The second-order valence-electron chi connectivity index (χ2n) is 5.55. The van der Waals surface area contributed by atoms with Crippen LogP contribution < -0.4 is 10.6 Å². The van der Waals surface area contributed by atoms with E-state index in [-0.39, 0.29) is 27.8 Å². The van der Waals surface area contributed by atoms with Gasteiger partial charge in [-0.15, -0.1) is 0 Å². The number of aromatic nitrogens is 2. The molecule has 7 heteroatoms. The maximum atomic E-state index is 12.5. The van der Waals surface area contributed by atoms with Gasteiger partial charge in [0.25, 0.3) is 0 Å². The molecule has 0 saturated carbocycles. The standard InChI is InChI=1S/C13H18Cl2N4O/c1-13(2,8-4-3-5-16-6-8)12(20)19-11-9(14)10(15)17-7-18-11/h7-8,16H,3-6H2,1-2H3,(H,17,18,19,20). The van der Waals surface area contributed by atoms with Crippen LogP contribution in [0.2, 0.25) is 10.2 Å². The summed E-state index contributed by atoms with van der Waals surface area (Å²) in [6.45, 7) is 5.74. The summed E-state index contributed by atoms with van der Waals surface area (Å²) in [7, 11) is 0. The molecule has 2 heterocycles. The molecule has 0 spiro atoms. The lowest BCUT2D eigenvalue weighted by Crippen LogP contribution is -2.45. The van der Waals surface area contributed by atoms with Gasteiger partial charge in [-0.2, -0.15) is 0 Å². The molecule has 1 aliphatic rings. The highest BCUT2D eigenvalue weighted by Gasteiger charge is 2.37. The number of amides is 1. The Morgan fingerprint density at radius 2 is 2.20 bits per heavy atom. The van der Waals surface area contributed by atoms with E-state index in [0.29, 0.717) is 0 Å². The van der Waals surface area contributed by atoms with E-state index in [2.05, 4.69) is 20.6 Å². The largest absolute Gasteiger partial charge is 0.316 e. The normalized spacial score (nSPS) is 19.7. The zero-order valence-corrected chi connectivity index (χ0v) is 13.1. The molecule has 1 fully saturated rings. The van der Waals surface area contributed by atoms with E-state index in [1.807, 2.05) is 13.8 Å². The molecular formula is C13H18Cl2N4O. The first-order valence-corrected chi connectivity index (χ1v) is 7.36. The van der Waals surface area contributed by atoms with Gasteiger partial charge in [-0.3, -0.25) is 4.79 Å². The lowest BCUT2D eigenvalue weighted by Gasteiger charge is -2.35. The van der Waals surface area contributed by atoms with Gasteiger partial charge in [-0.05, 0) is 31.8 Å². The van der Waals surface area contributed by atoms with Crippen LogP contribution >= 0.6 is 23.2 Å². The predicted octanol–water partition coefficient (Wildman–Crippen LogP) is 2.75. The maximum Gasteiger partial charge on any atom is 0.231 e. The van der Waals surface area contributed by atoms with Crippen LogP contribution in [0.5, 0.6) is 0 Å². The van der Waals surface area contributed by atoms with Crippen LogP contribution in [0, 0.1) is 11.3 Å². The molecule has 0 radical (unpaired) electrons. The lowest BCUT2D eigenvalue weighted by atomic mass is 9.74. The third kappa shape index (κ3) is 3.22. The fraction of sp³-hybridized carbons (Fsp3) is 0.615. The average molecular weight is 317 g/mol. The second kappa shape index (κ2) is 6.24. The van der Waals surface area contributed by atoms with Gasteiger partial charge in [0.05, 0.1) is 0 Å². The first-order valence-electron chi connectivity index (χ1n) is 6.61. The molecule has 1 aliphatic heterocycles. The summed E-state index contributed by atoms with van der Waals surface area (Å²) in [5.41, 5.74) is -0.506. The number of carbonyl (C=O) groups is 1. The molecule has 1 amide bonds. The second-order valence-corrected chi connectivity index (χ2v) is 6.28. The molecule has 2 N–H and O–H groups in total. The molecule has 0 bridgehead atoms. The monoisotopic (exact) mass is 316 g/mol. The number of halogens is 2. The van der Waals surface area contributed by atoms with Crippen LogP contribution in [-0.4, -0.2) is 29.0 Å². The van der Waals surface area contributed by atoms with Crippen LogP contribution in [0.15, 0.2) is 6.33 Å². The van der Waals surface area contributed by atoms with Gasteiger partial charge < -0.3 is 10.6 Å². The minimum absolute atomic E-state index is 0.108. The minimum Gasteiger partial charge on any atom is -0.316 e. The number of hydrogen-bond acceptors (Lipinski definition) is 4. The summed E-state index contributed by atoms with van der Waals surface area (Å²) < 4.78 is 0. The highest BCUT2D eigenvalue weighted by atomic mass is 35.5. The van der Waals surface area contributed by atoms with Crippen molar-refractivity contribution in [3.05, 3.63) is 16.5 Å². The van der Waals surface area contributed by atoms with Crippen molar-refractivity contribution < 1.29 is 4.79 Å². The molecular weight excluding hydrogens is 299 g/mol. The molecule has 1 aromatic rings. The Balaban J connectivity index is 2.12. The van der Waals surface area contributed by atoms with E-state index in [9.17, 15) is 4.79 Å². The molecule has 1 saturated heterocycles. The van der Waals surface area contributed by atoms with Crippen molar-refractivity contribution in [3.8, 4) is 0 Å². The first kappa shape index (κ1) is 15.5. The molecule has 2 rings (SSSR count). The van der Waals surface area contributed by atoms with E-state index in [0.717, 1.165) is 25.9 Å². The van der Waals surface area contributed by atoms with Gasteiger partial charge in [-0.1, -0.05) is 37.0 Å². The van der Waals surface area contributed by atoms with Gasteiger partial charge in [0.2, 0.25) is 5.91 Å². The third-order valence-electron chi connectivity index (χ3n) is 3.88. The quantitative estimate of drug-likeness (QED) is 0.841. The van der Waals surface area contributed by atoms with E-state index in [1.165, 1.54) is 6.33 Å². The Morgan fingerprint density at radius 3 is 2.85 bits per heavy atom. The first-order chi connectivity index (χ1) is 9.43. The molecule has 110 valence electrons. The summed E-state index contributed by atoms with van der Waals surface area (Å²) in [4.78, 5) is 20.2. The van der Waals surface area contributed by atoms with Crippen molar-refractivity contribution in [3.63, 3.8) is 0 Å². The average Bonchev–Trinajstić information content (AvgIpc) is 2.44. The van der Waals surface area contributed by atoms with Crippen LogP contribution in [0.1, 0.15) is 26.7 Å². The van der Waals surface area contributed by atoms with Crippen LogP contribution in [0.4, 0.5) is 5.82 Å². The summed E-state index contributed by atoms with van der Waals surface area (Å²) in [5, 5.41) is 6.38. The van der Waals surface area contributed by atoms with Gasteiger partial charge >= 0.3 is 0 Å². The Kier molecular flexibility index (Phi) is 4.83. The Labute approximate surface area is 128 Å². The molecule has 0 aromatic carbocycles. The topological polar surface area (TPSA) is 66.9 Å². The highest BCUT2D eigenvalue weighted by molar-refractivity contribution is 6.42. The van der Waals surface area contributed by atoms with Crippen molar-refractivity contribution in [2.45, 2.75) is 26.7 Å². The van der Waals surface area contributed by atoms with E-state index >= 15 is 0 Å². The van der Waals surface area contributed by atoms with Crippen molar-refractivity contribution >= 4 is 34.9 Å². The highest BCUT2D eigenvalue weighted by Crippen LogP contribution is 2.34.